The molecule has 40 heavy (non-hydrogen) atoms. The Kier molecular flexibility index (Phi) is 12.4. The van der Waals surface area contributed by atoms with Gasteiger partial charge in [0.15, 0.2) is 0 Å². The summed E-state index contributed by atoms with van der Waals surface area (Å²) in [6.07, 6.45) is -0.505. The van der Waals surface area contributed by atoms with Crippen molar-refractivity contribution >= 4 is 32.7 Å². The SMILES string of the molecule is C1CCNCC1.CC(C)c1cc(-c2ccc(NS(=O)(=O)CCC(F)(F)F)c(F)c2)nc2cnc(N)nc12.FCF. The fourth-order valence-electron chi connectivity index (χ4n) is 3.68. The van der Waals surface area contributed by atoms with Crippen LogP contribution in [0.4, 0.5) is 38.0 Å². The van der Waals surface area contributed by atoms with Crippen molar-refractivity contribution < 1.29 is 34.8 Å². The lowest BCUT2D eigenvalue weighted by Gasteiger charge is -2.13. The molecule has 3 heterocycles. The Morgan fingerprint density at radius 3 is 2.23 bits per heavy atom. The molecule has 8 nitrogen and oxygen atoms in total. The lowest BCUT2D eigenvalue weighted by atomic mass is 9.99. The van der Waals surface area contributed by atoms with Crippen LogP contribution in [0.5, 0.6) is 0 Å². The van der Waals surface area contributed by atoms with Crippen LogP contribution in [0.1, 0.15) is 51.0 Å². The Morgan fingerprint density at radius 1 is 1.07 bits per heavy atom. The van der Waals surface area contributed by atoms with Crippen molar-refractivity contribution in [2.45, 2.75) is 51.6 Å². The first kappa shape index (κ1) is 33.0. The molecule has 1 aromatic carbocycles. The number of sulfonamides is 1. The monoisotopic (exact) mass is 594 g/mol. The lowest BCUT2D eigenvalue weighted by Crippen LogP contribution is -2.22. The normalized spacial score (nSPS) is 13.7. The third-order valence-electron chi connectivity index (χ3n) is 5.61. The first-order valence-electron chi connectivity index (χ1n) is 12.4. The van der Waals surface area contributed by atoms with E-state index in [0.717, 1.165) is 17.7 Å². The number of fused-ring (bicyclic) bond motifs is 1. The summed E-state index contributed by atoms with van der Waals surface area (Å²) in [7, 11) is -4.37. The number of nitrogen functional groups attached to an aromatic ring is 1. The van der Waals surface area contributed by atoms with Crippen LogP contribution >= 0.6 is 0 Å². The summed E-state index contributed by atoms with van der Waals surface area (Å²) in [5.41, 5.74) is 7.78. The molecular weight excluding hydrogens is 562 g/mol. The van der Waals surface area contributed by atoms with Gasteiger partial charge in [-0.3, -0.25) is 4.72 Å². The van der Waals surface area contributed by atoms with Gasteiger partial charge >= 0.3 is 6.18 Å². The van der Waals surface area contributed by atoms with Crippen LogP contribution in [-0.2, 0) is 10.0 Å². The summed E-state index contributed by atoms with van der Waals surface area (Å²) in [4.78, 5) is 12.6. The number of hydrogen-bond donors (Lipinski definition) is 3. The smallest absolute Gasteiger partial charge is 0.368 e. The lowest BCUT2D eigenvalue weighted by molar-refractivity contribution is -0.129. The standard InChI is InChI=1S/C19H19F4N5O2S.C5H11N.CH2F2/c1-10(2)12-8-15(26-16-9-25-18(24)27-17(12)16)11-3-4-14(13(20)7-11)28-31(29,30)6-5-19(21,22)23;1-2-4-6-5-3-1;2-1-3/h3-4,7-10,28H,5-6H2,1-2H3,(H2,24,25,27);6H,1-5H2;1H2. The number of nitrogens with zero attached hydrogens (tertiary/aromatic N) is 3. The first-order valence-corrected chi connectivity index (χ1v) is 14.0. The fraction of sp³-hybridized carbons (Fsp3) is 0.480. The van der Waals surface area contributed by atoms with E-state index in [2.05, 4.69) is 20.3 Å². The van der Waals surface area contributed by atoms with Gasteiger partial charge in [0.1, 0.15) is 11.3 Å². The van der Waals surface area contributed by atoms with Crippen molar-refractivity contribution in [3.8, 4) is 11.3 Å². The molecule has 4 rings (SSSR count). The number of nitrogens with two attached hydrogens (primary N) is 1. The second-order valence-corrected chi connectivity index (χ2v) is 10.9. The molecule has 0 unspecified atom stereocenters. The van der Waals surface area contributed by atoms with Gasteiger partial charge in [-0.1, -0.05) is 26.3 Å². The van der Waals surface area contributed by atoms with Gasteiger partial charge in [-0.15, -0.1) is 0 Å². The fourth-order valence-corrected chi connectivity index (χ4v) is 4.78. The molecule has 0 spiro atoms. The van der Waals surface area contributed by atoms with Crippen molar-refractivity contribution in [3.05, 3.63) is 41.8 Å². The van der Waals surface area contributed by atoms with E-state index in [1.165, 1.54) is 44.6 Å². The largest absolute Gasteiger partial charge is 0.390 e. The predicted octanol–water partition coefficient (Wildman–Crippen LogP) is 5.87. The second-order valence-electron chi connectivity index (χ2n) is 9.11. The van der Waals surface area contributed by atoms with E-state index in [1.54, 1.807) is 6.07 Å². The molecule has 4 N–H and O–H groups in total. The van der Waals surface area contributed by atoms with Crippen molar-refractivity contribution in [1.82, 2.24) is 20.3 Å². The van der Waals surface area contributed by atoms with Crippen LogP contribution in [0.15, 0.2) is 30.5 Å². The topological polar surface area (TPSA) is 123 Å². The van der Waals surface area contributed by atoms with E-state index in [4.69, 9.17) is 5.73 Å². The minimum Gasteiger partial charge on any atom is -0.368 e. The molecule has 1 saturated heterocycles. The van der Waals surface area contributed by atoms with Gasteiger partial charge in [0.25, 0.3) is 0 Å². The molecule has 2 aromatic heterocycles. The molecule has 1 fully saturated rings. The molecule has 0 bridgehead atoms. The average Bonchev–Trinajstić information content (AvgIpc) is 2.89. The third kappa shape index (κ3) is 10.8. The highest BCUT2D eigenvalue weighted by atomic mass is 32.2. The van der Waals surface area contributed by atoms with Crippen LogP contribution in [-0.4, -0.2) is 55.3 Å². The number of pyridine rings is 1. The number of halogens is 6. The van der Waals surface area contributed by atoms with Gasteiger partial charge in [0.2, 0.25) is 22.9 Å². The highest BCUT2D eigenvalue weighted by Crippen LogP contribution is 2.30. The highest BCUT2D eigenvalue weighted by Gasteiger charge is 2.30. The molecule has 15 heteroatoms. The summed E-state index contributed by atoms with van der Waals surface area (Å²) in [6.45, 7) is 4.63. The van der Waals surface area contributed by atoms with Gasteiger partial charge in [-0.05, 0) is 55.6 Å². The summed E-state index contributed by atoms with van der Waals surface area (Å²) in [5.74, 6) is -2.01. The van der Waals surface area contributed by atoms with E-state index in [1.807, 2.05) is 18.6 Å². The zero-order chi connectivity index (χ0) is 29.9. The number of piperidine rings is 1. The Hall–Kier alpha value is -3.20. The predicted molar refractivity (Wildman–Crippen MR) is 143 cm³/mol. The molecule has 1 aliphatic heterocycles. The number of anilines is 2. The molecular formula is C25H32F6N6O2S. The van der Waals surface area contributed by atoms with Crippen LogP contribution < -0.4 is 15.8 Å². The van der Waals surface area contributed by atoms with Gasteiger partial charge in [-0.2, -0.15) is 13.2 Å². The summed E-state index contributed by atoms with van der Waals surface area (Å²) in [5, 5.41) is 3.28. The minimum absolute atomic E-state index is 0.0445. The molecule has 0 saturated carbocycles. The third-order valence-corrected chi connectivity index (χ3v) is 6.88. The second kappa shape index (κ2) is 15.0. The zero-order valence-corrected chi connectivity index (χ0v) is 22.8. The van der Waals surface area contributed by atoms with Crippen LogP contribution in [0.25, 0.3) is 22.3 Å². The van der Waals surface area contributed by atoms with E-state index in [0.29, 0.717) is 22.3 Å². The van der Waals surface area contributed by atoms with E-state index < -0.39 is 46.8 Å². The number of hydrogen-bond acceptors (Lipinski definition) is 7. The van der Waals surface area contributed by atoms with Gasteiger partial charge < -0.3 is 11.1 Å². The molecule has 0 radical (unpaired) electrons. The van der Waals surface area contributed by atoms with Crippen molar-refractivity contribution in [2.24, 2.45) is 0 Å². The zero-order valence-electron chi connectivity index (χ0n) is 22.0. The van der Waals surface area contributed by atoms with Crippen molar-refractivity contribution in [2.75, 3.05) is 36.2 Å². The van der Waals surface area contributed by atoms with E-state index >= 15 is 0 Å². The molecule has 3 aromatic rings. The maximum atomic E-state index is 14.5. The number of alkyl halides is 5. The Morgan fingerprint density at radius 2 is 1.73 bits per heavy atom. The maximum absolute atomic E-state index is 14.5. The number of nitrogens with one attached hydrogen (secondary N) is 2. The number of aromatic nitrogens is 3. The van der Waals surface area contributed by atoms with Crippen LogP contribution in [0.3, 0.4) is 0 Å². The van der Waals surface area contributed by atoms with Crippen molar-refractivity contribution in [1.29, 1.82) is 0 Å². The van der Waals surface area contributed by atoms with Gasteiger partial charge in [0.05, 0.1) is 35.3 Å². The Labute approximate surface area is 228 Å². The van der Waals surface area contributed by atoms with Crippen LogP contribution in [0.2, 0.25) is 0 Å². The minimum atomic E-state index is -4.64. The number of rotatable bonds is 6. The summed E-state index contributed by atoms with van der Waals surface area (Å²) >= 11 is 0. The molecule has 0 amide bonds. The van der Waals surface area contributed by atoms with Gasteiger partial charge in [-0.25, -0.2) is 36.5 Å². The molecule has 0 atom stereocenters. The van der Waals surface area contributed by atoms with Gasteiger partial charge in [0, 0.05) is 5.56 Å². The number of benzene rings is 1. The van der Waals surface area contributed by atoms with E-state index in [-0.39, 0.29) is 11.9 Å². The average molecular weight is 595 g/mol. The first-order chi connectivity index (χ1) is 18.8. The Bertz CT molecular complexity index is 1340. The van der Waals surface area contributed by atoms with E-state index in [9.17, 15) is 34.8 Å². The Balaban J connectivity index is 0.000000533. The highest BCUT2D eigenvalue weighted by molar-refractivity contribution is 7.92. The summed E-state index contributed by atoms with van der Waals surface area (Å²) < 4.78 is 96.1. The molecule has 1 aliphatic rings. The summed E-state index contributed by atoms with van der Waals surface area (Å²) in [6, 6.07) is 5.33. The molecule has 0 aliphatic carbocycles. The molecule has 222 valence electrons. The maximum Gasteiger partial charge on any atom is 0.390 e. The van der Waals surface area contributed by atoms with Crippen molar-refractivity contribution in [3.63, 3.8) is 0 Å². The quantitative estimate of drug-likeness (QED) is 0.305. The van der Waals surface area contributed by atoms with Crippen LogP contribution in [0, 0.1) is 5.82 Å².